The van der Waals surface area contributed by atoms with Crippen molar-refractivity contribution in [2.45, 2.75) is 6.92 Å². The lowest BCUT2D eigenvalue weighted by atomic mass is 10.1. The van der Waals surface area contributed by atoms with Crippen LogP contribution in [0.3, 0.4) is 0 Å². The molecule has 6 nitrogen and oxygen atoms in total. The van der Waals surface area contributed by atoms with Crippen LogP contribution < -0.4 is 14.8 Å². The number of aromatic nitrogens is 2. The average molecular weight is 372 g/mol. The smallest absolute Gasteiger partial charge is 0.255 e. The van der Waals surface area contributed by atoms with E-state index < -0.39 is 0 Å². The summed E-state index contributed by atoms with van der Waals surface area (Å²) in [4.78, 5) is 12.7. The van der Waals surface area contributed by atoms with Crippen molar-refractivity contribution in [3.63, 3.8) is 0 Å². The first kappa shape index (κ1) is 17.8. The van der Waals surface area contributed by atoms with Crippen LogP contribution >= 0.6 is 11.6 Å². The third kappa shape index (κ3) is 3.36. The molecule has 0 saturated carbocycles. The van der Waals surface area contributed by atoms with Crippen molar-refractivity contribution in [1.29, 1.82) is 0 Å². The SMILES string of the molecule is COc1ccc(C(=O)Nc2c(-c3ccccc3Cl)n[nH]c2C)cc1OC. The minimum Gasteiger partial charge on any atom is -0.493 e. The van der Waals surface area contributed by atoms with Gasteiger partial charge in [-0.3, -0.25) is 9.89 Å². The summed E-state index contributed by atoms with van der Waals surface area (Å²) in [6, 6.07) is 12.3. The van der Waals surface area contributed by atoms with Gasteiger partial charge in [0.1, 0.15) is 5.69 Å². The molecular weight excluding hydrogens is 354 g/mol. The molecule has 0 radical (unpaired) electrons. The van der Waals surface area contributed by atoms with E-state index >= 15 is 0 Å². The predicted molar refractivity (Wildman–Crippen MR) is 101 cm³/mol. The third-order valence-electron chi connectivity index (χ3n) is 3.96. The lowest BCUT2D eigenvalue weighted by Gasteiger charge is -2.11. The van der Waals surface area contributed by atoms with E-state index in [4.69, 9.17) is 21.1 Å². The molecule has 0 saturated heterocycles. The van der Waals surface area contributed by atoms with Crippen molar-refractivity contribution in [3.8, 4) is 22.8 Å². The van der Waals surface area contributed by atoms with Gasteiger partial charge in [-0.1, -0.05) is 29.8 Å². The molecule has 0 aliphatic heterocycles. The van der Waals surface area contributed by atoms with Crippen molar-refractivity contribution >= 4 is 23.2 Å². The van der Waals surface area contributed by atoms with Crippen LogP contribution in [-0.2, 0) is 0 Å². The third-order valence-corrected chi connectivity index (χ3v) is 4.29. The minimum atomic E-state index is -0.288. The lowest BCUT2D eigenvalue weighted by Crippen LogP contribution is -2.13. The molecule has 0 atom stereocenters. The highest BCUT2D eigenvalue weighted by molar-refractivity contribution is 6.33. The maximum absolute atomic E-state index is 12.7. The van der Waals surface area contributed by atoms with Gasteiger partial charge in [-0.2, -0.15) is 5.10 Å². The number of nitrogens with zero attached hydrogens (tertiary/aromatic N) is 1. The second-order valence-electron chi connectivity index (χ2n) is 5.58. The molecule has 3 aromatic rings. The van der Waals surface area contributed by atoms with Gasteiger partial charge in [-0.05, 0) is 31.2 Å². The Bertz CT molecular complexity index is 953. The summed E-state index contributed by atoms with van der Waals surface area (Å²) in [5.41, 5.74) is 3.07. The second-order valence-corrected chi connectivity index (χ2v) is 5.98. The Hall–Kier alpha value is -2.99. The van der Waals surface area contributed by atoms with Gasteiger partial charge in [0.2, 0.25) is 0 Å². The monoisotopic (exact) mass is 371 g/mol. The molecule has 7 heteroatoms. The van der Waals surface area contributed by atoms with Crippen LogP contribution in [0.15, 0.2) is 42.5 Å². The van der Waals surface area contributed by atoms with E-state index in [0.717, 1.165) is 11.3 Å². The van der Waals surface area contributed by atoms with Gasteiger partial charge >= 0.3 is 0 Å². The fraction of sp³-hybridized carbons (Fsp3) is 0.158. The molecule has 0 aliphatic rings. The number of benzene rings is 2. The van der Waals surface area contributed by atoms with E-state index in [2.05, 4.69) is 15.5 Å². The van der Waals surface area contributed by atoms with Crippen LogP contribution in [0.5, 0.6) is 11.5 Å². The van der Waals surface area contributed by atoms with Crippen molar-refractivity contribution in [3.05, 3.63) is 58.7 Å². The minimum absolute atomic E-state index is 0.288. The molecule has 1 heterocycles. The number of rotatable bonds is 5. The Morgan fingerprint density at radius 1 is 1.12 bits per heavy atom. The van der Waals surface area contributed by atoms with Gasteiger partial charge in [-0.25, -0.2) is 0 Å². The second kappa shape index (κ2) is 7.49. The highest BCUT2D eigenvalue weighted by atomic mass is 35.5. The molecule has 2 N–H and O–H groups in total. The zero-order valence-corrected chi connectivity index (χ0v) is 15.3. The number of aryl methyl sites for hydroxylation is 1. The van der Waals surface area contributed by atoms with Crippen LogP contribution in [0.2, 0.25) is 5.02 Å². The Labute approximate surface area is 156 Å². The zero-order valence-electron chi connectivity index (χ0n) is 14.6. The summed E-state index contributed by atoms with van der Waals surface area (Å²) >= 11 is 6.27. The first-order chi connectivity index (χ1) is 12.5. The van der Waals surface area contributed by atoms with Crippen molar-refractivity contribution < 1.29 is 14.3 Å². The van der Waals surface area contributed by atoms with Gasteiger partial charge in [0, 0.05) is 11.1 Å². The summed E-state index contributed by atoms with van der Waals surface area (Å²) in [5, 5.41) is 10.6. The molecule has 0 bridgehead atoms. The highest BCUT2D eigenvalue weighted by Crippen LogP contribution is 2.34. The Balaban J connectivity index is 1.94. The molecule has 3 rings (SSSR count). The molecule has 0 unspecified atom stereocenters. The number of aromatic amines is 1. The number of ether oxygens (including phenoxy) is 2. The van der Waals surface area contributed by atoms with Crippen molar-refractivity contribution in [2.24, 2.45) is 0 Å². The lowest BCUT2D eigenvalue weighted by molar-refractivity contribution is 0.102. The summed E-state index contributed by atoms with van der Waals surface area (Å²) in [5.74, 6) is 0.749. The van der Waals surface area contributed by atoms with Crippen molar-refractivity contribution in [1.82, 2.24) is 10.2 Å². The fourth-order valence-electron chi connectivity index (χ4n) is 2.59. The first-order valence-corrected chi connectivity index (χ1v) is 8.26. The number of carbonyl (C=O) groups excluding carboxylic acids is 1. The standard InChI is InChI=1S/C19H18ClN3O3/c1-11-17(18(23-22-11)13-6-4-5-7-14(13)20)21-19(24)12-8-9-15(25-2)16(10-12)26-3/h4-10H,1-3H3,(H,21,24)(H,22,23). The molecule has 134 valence electrons. The van der Waals surface area contributed by atoms with Crippen LogP contribution in [-0.4, -0.2) is 30.3 Å². The zero-order chi connectivity index (χ0) is 18.7. The summed E-state index contributed by atoms with van der Waals surface area (Å²) in [6.45, 7) is 1.83. The molecule has 0 spiro atoms. The quantitative estimate of drug-likeness (QED) is 0.700. The largest absolute Gasteiger partial charge is 0.493 e. The maximum atomic E-state index is 12.7. The topological polar surface area (TPSA) is 76.2 Å². The number of halogens is 1. The molecule has 26 heavy (non-hydrogen) atoms. The van der Waals surface area contributed by atoms with E-state index in [0.29, 0.717) is 33.5 Å². The Morgan fingerprint density at radius 3 is 2.54 bits per heavy atom. The van der Waals surface area contributed by atoms with Gasteiger partial charge in [0.05, 0.1) is 30.6 Å². The van der Waals surface area contributed by atoms with E-state index in [-0.39, 0.29) is 5.91 Å². The van der Waals surface area contributed by atoms with Crippen LogP contribution in [0.25, 0.3) is 11.3 Å². The molecule has 0 fully saturated rings. The van der Waals surface area contributed by atoms with E-state index in [1.54, 1.807) is 31.4 Å². The number of amides is 1. The van der Waals surface area contributed by atoms with Crippen LogP contribution in [0.1, 0.15) is 16.1 Å². The van der Waals surface area contributed by atoms with Crippen molar-refractivity contribution in [2.75, 3.05) is 19.5 Å². The number of hydrogen-bond acceptors (Lipinski definition) is 4. The van der Waals surface area contributed by atoms with Gasteiger partial charge in [-0.15, -0.1) is 0 Å². The summed E-state index contributed by atoms with van der Waals surface area (Å²) < 4.78 is 10.5. The van der Waals surface area contributed by atoms with Crippen LogP contribution in [0, 0.1) is 6.92 Å². The van der Waals surface area contributed by atoms with Crippen LogP contribution in [0.4, 0.5) is 5.69 Å². The number of H-pyrrole nitrogens is 1. The fourth-order valence-corrected chi connectivity index (χ4v) is 2.82. The Kier molecular flexibility index (Phi) is 5.14. The number of nitrogens with one attached hydrogen (secondary N) is 2. The van der Waals surface area contributed by atoms with Gasteiger partial charge in [0.15, 0.2) is 11.5 Å². The highest BCUT2D eigenvalue weighted by Gasteiger charge is 2.18. The van der Waals surface area contributed by atoms with Gasteiger partial charge < -0.3 is 14.8 Å². The summed E-state index contributed by atoms with van der Waals surface area (Å²) in [6.07, 6.45) is 0. The number of carbonyl (C=O) groups is 1. The molecule has 1 aromatic heterocycles. The number of methoxy groups -OCH3 is 2. The molecule has 0 aliphatic carbocycles. The predicted octanol–water partition coefficient (Wildman–Crippen LogP) is 4.31. The normalized spacial score (nSPS) is 10.5. The van der Waals surface area contributed by atoms with E-state index in [1.165, 1.54) is 7.11 Å². The molecule has 2 aromatic carbocycles. The summed E-state index contributed by atoms with van der Waals surface area (Å²) in [7, 11) is 3.07. The number of anilines is 1. The maximum Gasteiger partial charge on any atom is 0.255 e. The van der Waals surface area contributed by atoms with E-state index in [1.807, 2.05) is 25.1 Å². The first-order valence-electron chi connectivity index (χ1n) is 7.88. The molecule has 1 amide bonds. The average Bonchev–Trinajstić information content (AvgIpc) is 3.01. The number of hydrogen-bond donors (Lipinski definition) is 2. The van der Waals surface area contributed by atoms with Gasteiger partial charge in [0.25, 0.3) is 5.91 Å². The Morgan fingerprint density at radius 2 is 1.85 bits per heavy atom. The molecular formula is C19H18ClN3O3. The van der Waals surface area contributed by atoms with E-state index in [9.17, 15) is 4.79 Å².